The van der Waals surface area contributed by atoms with E-state index in [1.807, 2.05) is 6.92 Å². The van der Waals surface area contributed by atoms with Gasteiger partial charge in [-0.2, -0.15) is 0 Å². The van der Waals surface area contributed by atoms with Gasteiger partial charge in [-0.1, -0.05) is 23.2 Å². The van der Waals surface area contributed by atoms with Crippen LogP contribution in [0.3, 0.4) is 0 Å². The van der Waals surface area contributed by atoms with E-state index in [1.165, 1.54) is 0 Å². The van der Waals surface area contributed by atoms with Crippen LogP contribution in [0.5, 0.6) is 0 Å². The van der Waals surface area contributed by atoms with Crippen LogP contribution in [0.25, 0.3) is 5.65 Å². The summed E-state index contributed by atoms with van der Waals surface area (Å²) in [5, 5.41) is 8.24. The molecule has 0 aromatic carbocycles. The van der Waals surface area contributed by atoms with Crippen LogP contribution in [0.2, 0.25) is 10.3 Å². The van der Waals surface area contributed by atoms with Crippen LogP contribution >= 0.6 is 23.2 Å². The second-order valence-electron chi connectivity index (χ2n) is 2.30. The van der Waals surface area contributed by atoms with Crippen molar-refractivity contribution in [2.75, 3.05) is 0 Å². The van der Waals surface area contributed by atoms with Gasteiger partial charge in [-0.05, 0) is 6.92 Å². The summed E-state index contributed by atoms with van der Waals surface area (Å²) in [6.45, 7) is 1.81. The summed E-state index contributed by atoms with van der Waals surface area (Å²) in [4.78, 5) is 3.82. The van der Waals surface area contributed by atoms with Crippen LogP contribution in [0, 0.1) is 6.92 Å². The molecular formula is C6H4Cl2N4. The molecule has 0 saturated carbocycles. The molecule has 0 spiro atoms. The monoisotopic (exact) mass is 202 g/mol. The third-order valence-corrected chi connectivity index (χ3v) is 1.93. The van der Waals surface area contributed by atoms with Crippen molar-refractivity contribution in [3.05, 3.63) is 22.3 Å². The summed E-state index contributed by atoms with van der Waals surface area (Å²) >= 11 is 11.4. The van der Waals surface area contributed by atoms with Gasteiger partial charge in [-0.3, -0.25) is 4.40 Å². The lowest BCUT2D eigenvalue weighted by atomic mass is 10.6. The molecule has 12 heavy (non-hydrogen) atoms. The predicted octanol–water partition coefficient (Wildman–Crippen LogP) is 1.74. The molecule has 0 amide bonds. The molecule has 0 fully saturated rings. The lowest BCUT2D eigenvalue weighted by molar-refractivity contribution is 1.00. The van der Waals surface area contributed by atoms with Crippen LogP contribution in [0.15, 0.2) is 6.20 Å². The maximum Gasteiger partial charge on any atom is 0.198 e. The molecule has 2 heterocycles. The van der Waals surface area contributed by atoms with Gasteiger partial charge in [0, 0.05) is 6.20 Å². The molecule has 6 heteroatoms. The van der Waals surface area contributed by atoms with E-state index in [-0.39, 0.29) is 5.15 Å². The fraction of sp³-hybridized carbons (Fsp3) is 0.167. The van der Waals surface area contributed by atoms with Gasteiger partial charge in [-0.15, -0.1) is 10.2 Å². The molecule has 4 nitrogen and oxygen atoms in total. The summed E-state index contributed by atoms with van der Waals surface area (Å²) in [6, 6.07) is 0. The van der Waals surface area contributed by atoms with Gasteiger partial charge < -0.3 is 0 Å². The lowest BCUT2D eigenvalue weighted by Gasteiger charge is -1.95. The van der Waals surface area contributed by atoms with Crippen molar-refractivity contribution in [3.63, 3.8) is 0 Å². The number of nitrogens with zero attached hydrogens (tertiary/aromatic N) is 4. The molecular weight excluding hydrogens is 199 g/mol. The number of aromatic nitrogens is 4. The Bertz CT molecular complexity index is 436. The van der Waals surface area contributed by atoms with Crippen molar-refractivity contribution in [2.45, 2.75) is 6.92 Å². The van der Waals surface area contributed by atoms with Crippen molar-refractivity contribution < 1.29 is 0 Å². The van der Waals surface area contributed by atoms with E-state index >= 15 is 0 Å². The highest BCUT2D eigenvalue weighted by molar-refractivity contribution is 6.34. The summed E-state index contributed by atoms with van der Waals surface area (Å²) in [6.07, 6.45) is 1.62. The molecule has 0 atom stereocenters. The Hall–Kier alpha value is -0.870. The quantitative estimate of drug-likeness (QED) is 0.654. The minimum absolute atomic E-state index is 0.267. The first-order valence-electron chi connectivity index (χ1n) is 3.22. The topological polar surface area (TPSA) is 43.1 Å². The zero-order valence-corrected chi connectivity index (χ0v) is 7.63. The Morgan fingerprint density at radius 3 is 2.83 bits per heavy atom. The van der Waals surface area contributed by atoms with Crippen LogP contribution in [-0.2, 0) is 0 Å². The Morgan fingerprint density at radius 2 is 2.08 bits per heavy atom. The minimum Gasteiger partial charge on any atom is -0.281 e. The smallest absolute Gasteiger partial charge is 0.198 e. The maximum absolute atomic E-state index is 5.76. The minimum atomic E-state index is 0.267. The van der Waals surface area contributed by atoms with E-state index in [2.05, 4.69) is 15.2 Å². The normalized spacial score (nSPS) is 10.9. The highest BCUT2D eigenvalue weighted by Gasteiger charge is 2.06. The Labute approximate surface area is 78.1 Å². The molecule has 0 bridgehead atoms. The van der Waals surface area contributed by atoms with E-state index in [9.17, 15) is 0 Å². The molecule has 0 aliphatic rings. The van der Waals surface area contributed by atoms with Crippen LogP contribution in [0.4, 0.5) is 0 Å². The summed E-state index contributed by atoms with van der Waals surface area (Å²) in [5.74, 6) is 0.733. The first-order valence-corrected chi connectivity index (χ1v) is 3.97. The number of hydrogen-bond acceptors (Lipinski definition) is 3. The maximum atomic E-state index is 5.76. The van der Waals surface area contributed by atoms with Crippen molar-refractivity contribution in [2.24, 2.45) is 0 Å². The average molecular weight is 203 g/mol. The number of rotatable bonds is 0. The van der Waals surface area contributed by atoms with Crippen LogP contribution in [-0.4, -0.2) is 19.6 Å². The Balaban J connectivity index is 2.92. The van der Waals surface area contributed by atoms with Gasteiger partial charge in [0.15, 0.2) is 10.8 Å². The number of fused-ring (bicyclic) bond motifs is 1. The Morgan fingerprint density at radius 1 is 1.33 bits per heavy atom. The lowest BCUT2D eigenvalue weighted by Crippen LogP contribution is -1.90. The van der Waals surface area contributed by atoms with Crippen LogP contribution < -0.4 is 0 Å². The molecule has 2 aromatic rings. The summed E-state index contributed by atoms with van der Waals surface area (Å²) in [7, 11) is 0. The molecule has 0 aliphatic carbocycles. The largest absolute Gasteiger partial charge is 0.281 e. The predicted molar refractivity (Wildman–Crippen MR) is 45.5 cm³/mol. The molecule has 0 radical (unpaired) electrons. The number of aryl methyl sites for hydroxylation is 1. The number of hydrogen-bond donors (Lipinski definition) is 0. The first-order chi connectivity index (χ1) is 5.68. The van der Waals surface area contributed by atoms with Crippen molar-refractivity contribution in [1.29, 1.82) is 0 Å². The second-order valence-corrected chi connectivity index (χ2v) is 3.04. The van der Waals surface area contributed by atoms with Gasteiger partial charge in [0.05, 0.1) is 0 Å². The molecule has 2 aromatic heterocycles. The average Bonchev–Trinajstić information content (AvgIpc) is 2.33. The van der Waals surface area contributed by atoms with E-state index in [0.29, 0.717) is 10.8 Å². The van der Waals surface area contributed by atoms with E-state index in [4.69, 9.17) is 23.2 Å². The molecule has 0 aliphatic heterocycles. The molecule has 2 rings (SSSR count). The Kier molecular flexibility index (Phi) is 1.66. The van der Waals surface area contributed by atoms with Gasteiger partial charge in [0.2, 0.25) is 0 Å². The van der Waals surface area contributed by atoms with Crippen molar-refractivity contribution in [1.82, 2.24) is 19.6 Å². The highest BCUT2D eigenvalue weighted by atomic mass is 35.5. The zero-order chi connectivity index (χ0) is 8.72. The van der Waals surface area contributed by atoms with Gasteiger partial charge in [0.25, 0.3) is 0 Å². The van der Waals surface area contributed by atoms with Gasteiger partial charge >= 0.3 is 0 Å². The van der Waals surface area contributed by atoms with Gasteiger partial charge in [-0.25, -0.2) is 4.98 Å². The molecule has 0 N–H and O–H groups in total. The fourth-order valence-electron chi connectivity index (χ4n) is 0.944. The van der Waals surface area contributed by atoms with Crippen molar-refractivity contribution in [3.8, 4) is 0 Å². The second kappa shape index (κ2) is 2.57. The fourth-order valence-corrected chi connectivity index (χ4v) is 1.39. The summed E-state index contributed by atoms with van der Waals surface area (Å²) in [5.41, 5.74) is 0.526. The standard InChI is InChI=1S/C6H4Cl2N4/c1-3-10-11-6-5(8)9-4(7)2-12(3)6/h2H,1H3. The van der Waals surface area contributed by atoms with Crippen LogP contribution in [0.1, 0.15) is 5.82 Å². The van der Waals surface area contributed by atoms with E-state index in [0.717, 1.165) is 5.82 Å². The zero-order valence-electron chi connectivity index (χ0n) is 6.12. The van der Waals surface area contributed by atoms with Crippen molar-refractivity contribution >= 4 is 28.8 Å². The molecule has 0 saturated heterocycles. The highest BCUT2D eigenvalue weighted by Crippen LogP contribution is 2.16. The SMILES string of the molecule is Cc1nnc2c(Cl)nc(Cl)cn12. The molecule has 62 valence electrons. The van der Waals surface area contributed by atoms with Gasteiger partial charge in [0.1, 0.15) is 11.0 Å². The summed E-state index contributed by atoms with van der Waals surface area (Å²) < 4.78 is 1.69. The number of halogens is 2. The van der Waals surface area contributed by atoms with E-state index < -0.39 is 0 Å². The molecule has 0 unspecified atom stereocenters. The third kappa shape index (κ3) is 1.04. The third-order valence-electron chi connectivity index (χ3n) is 1.49. The van der Waals surface area contributed by atoms with E-state index in [1.54, 1.807) is 10.6 Å². The first kappa shape index (κ1) is 7.76.